The van der Waals surface area contributed by atoms with Crippen LogP contribution in [0, 0.1) is 0 Å². The first-order chi connectivity index (χ1) is 3.00. The van der Waals surface area contributed by atoms with E-state index in [1.54, 1.807) is 0 Å². The second-order valence-electron chi connectivity index (χ2n) is 0. The van der Waals surface area contributed by atoms with Gasteiger partial charge < -0.3 is 0 Å². The fraction of sp³-hybridized carbons (Fsp3) is 0. The van der Waals surface area contributed by atoms with Crippen molar-refractivity contribution in [3.05, 3.63) is 0 Å². The van der Waals surface area contributed by atoms with Gasteiger partial charge in [-0.1, -0.05) is 9.05 Å². The van der Waals surface area contributed by atoms with Gasteiger partial charge in [-0.15, -0.1) is 0 Å². The topological polar surface area (TPSA) is 57.5 Å². The van der Waals surface area contributed by atoms with Crippen LogP contribution in [0.1, 0.15) is 0 Å². The first kappa shape index (κ1) is 159. The molecule has 0 aliphatic carbocycles. The van der Waals surface area contributed by atoms with E-state index in [0.29, 0.717) is 24.7 Å². The molecule has 2 N–H and O–H groups in total. The molecule has 86 valence electrons. The van der Waals surface area contributed by atoms with Gasteiger partial charge in [0.25, 0.3) is 0 Å². The molecule has 0 aromatic heterocycles. The van der Waals surface area contributed by atoms with Gasteiger partial charge in [0.15, 0.2) is 0 Å². The predicted octanol–water partition coefficient (Wildman–Crippen LogP) is 0.520. The fourth-order valence-corrected chi connectivity index (χ4v) is 0. The SMILES string of the molecule is F.F.F.F.F.F.OF.OF.[O]=[Zr]. The molecule has 0 saturated carbocycles. The predicted molar refractivity (Wildman–Crippen MR) is 22.4 cm³/mol. The monoisotopic (exact) mass is 298 g/mol. The van der Waals surface area contributed by atoms with Crippen LogP contribution in [-0.2, 0) is 27.5 Å². The Labute approximate surface area is 76.1 Å². The van der Waals surface area contributed by atoms with E-state index in [-0.39, 0.29) is 28.2 Å². The summed E-state index contributed by atoms with van der Waals surface area (Å²) >= 11 is 0.300. The average molecular weight is 299 g/mol. The second-order valence-corrected chi connectivity index (χ2v) is 0. The minimum absolute atomic E-state index is 0. The van der Waals surface area contributed by atoms with E-state index >= 15 is 0 Å². The molecule has 0 aliphatic rings. The van der Waals surface area contributed by atoms with E-state index in [1.807, 2.05) is 0 Å². The van der Waals surface area contributed by atoms with Crippen LogP contribution < -0.4 is 0 Å². The molecule has 0 radical (unpaired) electrons. The Morgan fingerprint density at radius 3 is 0.583 bits per heavy atom. The zero-order valence-corrected chi connectivity index (χ0v) is 7.47. The Bertz CT molecular complexity index is 14.3. The third-order valence-electron chi connectivity index (χ3n) is 0. The van der Waals surface area contributed by atoms with Gasteiger partial charge in [0.05, 0.1) is 0 Å². The van der Waals surface area contributed by atoms with E-state index in [9.17, 15) is 0 Å². The van der Waals surface area contributed by atoms with Crippen LogP contribution in [0.4, 0.5) is 37.3 Å². The van der Waals surface area contributed by atoms with Gasteiger partial charge in [0, 0.05) is 0 Å². The van der Waals surface area contributed by atoms with Crippen molar-refractivity contribution in [1.82, 2.24) is 0 Å². The Morgan fingerprint density at radius 2 is 0.583 bits per heavy atom. The van der Waals surface area contributed by atoms with Crippen LogP contribution in [0.2, 0.25) is 0 Å². The van der Waals surface area contributed by atoms with E-state index in [4.69, 9.17) is 22.5 Å². The summed E-state index contributed by atoms with van der Waals surface area (Å²) in [5.41, 5.74) is 0. The van der Waals surface area contributed by atoms with Crippen LogP contribution >= 0.6 is 0 Å². The molecule has 0 atom stereocenters. The summed E-state index contributed by atoms with van der Waals surface area (Å²) in [4.78, 5) is 0. The molecule has 12 heavy (non-hydrogen) atoms. The summed E-state index contributed by atoms with van der Waals surface area (Å²) in [5.74, 6) is 0. The maximum absolute atomic E-state index is 8.50. The van der Waals surface area contributed by atoms with E-state index < -0.39 is 0 Å². The molecular formula is H8F8O3Zr. The van der Waals surface area contributed by atoms with Crippen molar-refractivity contribution in [1.29, 1.82) is 0 Å². The standard InChI is InChI=1S/2FHO.6FH.O.Zr/c2*1-2;;;;;;;;/h2*2H;6*1H;;. The quantitative estimate of drug-likeness (QED) is 0.641. The van der Waals surface area contributed by atoms with Gasteiger partial charge in [-0.05, 0) is 0 Å². The van der Waals surface area contributed by atoms with Crippen molar-refractivity contribution < 1.29 is 75.4 Å². The summed E-state index contributed by atoms with van der Waals surface area (Å²) < 4.78 is 25.3. The second kappa shape index (κ2) is 599000. The molecule has 0 amide bonds. The van der Waals surface area contributed by atoms with Gasteiger partial charge in [-0.2, -0.15) is 0 Å². The van der Waals surface area contributed by atoms with E-state index in [0.717, 1.165) is 0 Å². The molecule has 12 heteroatoms. The van der Waals surface area contributed by atoms with Gasteiger partial charge in [-0.25, -0.2) is 10.6 Å². The minimum atomic E-state index is 0. The van der Waals surface area contributed by atoms with Crippen molar-refractivity contribution in [2.45, 2.75) is 0 Å². The molecule has 0 unspecified atom stereocenters. The van der Waals surface area contributed by atoms with Crippen LogP contribution in [0.5, 0.6) is 0 Å². The average Bonchev–Trinajstić information content (AvgIpc) is 1.81. The van der Waals surface area contributed by atoms with Crippen molar-refractivity contribution in [2.24, 2.45) is 0 Å². The van der Waals surface area contributed by atoms with Crippen molar-refractivity contribution in [3.8, 4) is 0 Å². The Balaban J connectivity index is -0.00000000129. The first-order valence-corrected chi connectivity index (χ1v) is 1.55. The number of rotatable bonds is 0. The van der Waals surface area contributed by atoms with E-state index in [1.165, 1.54) is 0 Å². The molecule has 0 aromatic carbocycles. The Hall–Kier alpha value is 0.0431. The maximum atomic E-state index is 8.50. The molecule has 0 bridgehead atoms. The van der Waals surface area contributed by atoms with Gasteiger partial charge in [0.2, 0.25) is 0 Å². The number of hydrogen-bond acceptors (Lipinski definition) is 3. The Morgan fingerprint density at radius 1 is 0.583 bits per heavy atom. The zero-order valence-electron chi connectivity index (χ0n) is 5.01. The molecule has 0 rings (SSSR count). The third-order valence-corrected chi connectivity index (χ3v) is 0. The summed E-state index contributed by atoms with van der Waals surface area (Å²) in [7, 11) is 0. The molecule has 0 saturated heterocycles. The molecule has 0 spiro atoms. The molecule has 0 heterocycles. The normalized spacial score (nSPS) is 1.25. The summed E-state index contributed by atoms with van der Waals surface area (Å²) in [6.45, 7) is 0. The summed E-state index contributed by atoms with van der Waals surface area (Å²) in [6.07, 6.45) is 0. The van der Waals surface area contributed by atoms with Gasteiger partial charge in [-0.3, -0.25) is 28.2 Å². The van der Waals surface area contributed by atoms with E-state index in [2.05, 4.69) is 0 Å². The molecular weight excluding hydrogens is 291 g/mol. The van der Waals surface area contributed by atoms with Crippen LogP contribution in [0.3, 0.4) is 0 Å². The van der Waals surface area contributed by atoms with Gasteiger partial charge in [0.1, 0.15) is 0 Å². The third kappa shape index (κ3) is 442000. The van der Waals surface area contributed by atoms with Gasteiger partial charge >= 0.3 is 27.5 Å². The summed E-state index contributed by atoms with van der Waals surface area (Å²) in [6, 6.07) is 0. The van der Waals surface area contributed by atoms with Crippen LogP contribution in [0.25, 0.3) is 0 Å². The zero-order chi connectivity index (χ0) is 6.00. The number of halogens is 8. The molecule has 0 fully saturated rings. The van der Waals surface area contributed by atoms with Crippen molar-refractivity contribution >= 4 is 0 Å². The number of hydrogen-bond donors (Lipinski definition) is 2. The summed E-state index contributed by atoms with van der Waals surface area (Å²) in [5, 5.41) is 11.0. The Kier molecular flexibility index (Phi) is 7920000. The van der Waals surface area contributed by atoms with Crippen LogP contribution in [-0.4, -0.2) is 10.6 Å². The van der Waals surface area contributed by atoms with Crippen molar-refractivity contribution in [3.63, 3.8) is 0 Å². The van der Waals surface area contributed by atoms with Crippen molar-refractivity contribution in [2.75, 3.05) is 0 Å². The molecule has 0 aromatic rings. The fourth-order valence-electron chi connectivity index (χ4n) is 0. The van der Waals surface area contributed by atoms with Crippen LogP contribution in [0.15, 0.2) is 0 Å². The molecule has 3 nitrogen and oxygen atoms in total. The first-order valence-electron chi connectivity index (χ1n) is 0.542. The molecule has 0 aliphatic heterocycles.